The number of para-hydroxylation sites is 1. The van der Waals surface area contributed by atoms with E-state index in [1.165, 1.54) is 11.8 Å². The first-order chi connectivity index (χ1) is 15.0. The van der Waals surface area contributed by atoms with Gasteiger partial charge in [0.05, 0.1) is 31.5 Å². The third kappa shape index (κ3) is 4.16. The third-order valence-corrected chi connectivity index (χ3v) is 6.12. The van der Waals surface area contributed by atoms with Crippen LogP contribution >= 0.6 is 11.8 Å². The summed E-state index contributed by atoms with van der Waals surface area (Å²) in [5.74, 6) is 1.64. The van der Waals surface area contributed by atoms with E-state index in [2.05, 4.69) is 15.5 Å². The van der Waals surface area contributed by atoms with Crippen molar-refractivity contribution in [1.82, 2.24) is 19.9 Å². The van der Waals surface area contributed by atoms with Gasteiger partial charge in [-0.25, -0.2) is 0 Å². The zero-order valence-corrected chi connectivity index (χ0v) is 18.7. The van der Waals surface area contributed by atoms with Crippen molar-refractivity contribution in [3.05, 3.63) is 59.7 Å². The number of hydrogen-bond acceptors (Lipinski definition) is 6. The van der Waals surface area contributed by atoms with E-state index in [4.69, 9.17) is 9.47 Å². The first-order valence-corrected chi connectivity index (χ1v) is 10.9. The number of carbonyl (C=O) groups is 1. The molecule has 0 fully saturated rings. The topological polar surface area (TPSA) is 77.8 Å². The molecule has 0 bridgehead atoms. The maximum absolute atomic E-state index is 12.6. The van der Waals surface area contributed by atoms with Crippen LogP contribution in [0.2, 0.25) is 0 Å². The van der Waals surface area contributed by atoms with Gasteiger partial charge in [0.2, 0.25) is 5.91 Å². The molecule has 2 aromatic carbocycles. The average molecular weight is 437 g/mol. The maximum Gasteiger partial charge on any atom is 0.230 e. The zero-order chi connectivity index (χ0) is 22.0. The fraction of sp³-hybridized carbons (Fsp3) is 0.261. The Morgan fingerprint density at radius 3 is 2.71 bits per heavy atom. The number of ether oxygens (including phenoxy) is 2. The van der Waals surface area contributed by atoms with Crippen LogP contribution in [0.3, 0.4) is 0 Å². The summed E-state index contributed by atoms with van der Waals surface area (Å²) in [4.78, 5) is 12.6. The Kier molecular flexibility index (Phi) is 5.99. The number of thioether (sulfide) groups is 1. The predicted octanol–water partition coefficient (Wildman–Crippen LogP) is 4.18. The van der Waals surface area contributed by atoms with E-state index < -0.39 is 0 Å². The Bertz CT molecular complexity index is 1250. The minimum atomic E-state index is -0.174. The molecule has 4 aromatic rings. The first kappa shape index (κ1) is 21.0. The smallest absolute Gasteiger partial charge is 0.230 e. The summed E-state index contributed by atoms with van der Waals surface area (Å²) >= 11 is 1.35. The molecule has 2 aromatic heterocycles. The highest BCUT2D eigenvalue weighted by molar-refractivity contribution is 7.99. The second-order valence-electron chi connectivity index (χ2n) is 7.21. The van der Waals surface area contributed by atoms with Crippen LogP contribution in [-0.2, 0) is 4.79 Å². The number of nitrogens with zero attached hydrogens (tertiary/aromatic N) is 3. The summed E-state index contributed by atoms with van der Waals surface area (Å²) in [5.41, 5.74) is 3.73. The van der Waals surface area contributed by atoms with E-state index in [9.17, 15) is 4.79 Å². The number of hydrogen-bond donors (Lipinski definition) is 1. The number of methoxy groups -OCH3 is 2. The number of carbonyl (C=O) groups excluding carboxylic acids is 1. The van der Waals surface area contributed by atoms with Gasteiger partial charge >= 0.3 is 0 Å². The van der Waals surface area contributed by atoms with Gasteiger partial charge in [0, 0.05) is 17.0 Å². The SMILES string of the molecule is COc1ccc2c(C)cc3nnc(SCC(=O)NC(C)c4ccccc4OC)n3c2c1. The highest BCUT2D eigenvalue weighted by atomic mass is 32.2. The van der Waals surface area contributed by atoms with E-state index in [1.54, 1.807) is 14.2 Å². The number of nitrogens with one attached hydrogen (secondary N) is 1. The molecule has 0 saturated carbocycles. The van der Waals surface area contributed by atoms with Crippen LogP contribution in [0.5, 0.6) is 11.5 Å². The van der Waals surface area contributed by atoms with Gasteiger partial charge < -0.3 is 14.8 Å². The molecule has 0 saturated heterocycles. The quantitative estimate of drug-likeness (QED) is 0.438. The Labute approximate surface area is 184 Å². The van der Waals surface area contributed by atoms with Gasteiger partial charge in [-0.05, 0) is 43.7 Å². The third-order valence-electron chi connectivity index (χ3n) is 5.19. The first-order valence-electron chi connectivity index (χ1n) is 9.89. The molecular weight excluding hydrogens is 412 g/mol. The van der Waals surface area contributed by atoms with Crippen LogP contribution in [0.15, 0.2) is 53.7 Å². The van der Waals surface area contributed by atoms with Gasteiger partial charge in [0.25, 0.3) is 0 Å². The standard InChI is InChI=1S/C23H24N4O3S/c1-14-11-21-25-26-23(27(21)19-12-16(29-3)9-10-17(14)19)31-13-22(28)24-15(2)18-7-5-6-8-20(18)30-4/h5-12,15H,13H2,1-4H3,(H,24,28). The summed E-state index contributed by atoms with van der Waals surface area (Å²) in [6.45, 7) is 3.98. The molecule has 0 aliphatic carbocycles. The fourth-order valence-corrected chi connectivity index (χ4v) is 4.40. The number of benzene rings is 2. The van der Waals surface area contributed by atoms with E-state index in [-0.39, 0.29) is 17.7 Å². The Morgan fingerprint density at radius 2 is 1.94 bits per heavy atom. The Balaban J connectivity index is 1.55. The van der Waals surface area contributed by atoms with Crippen LogP contribution in [-0.4, -0.2) is 40.5 Å². The molecule has 1 amide bonds. The molecule has 0 radical (unpaired) electrons. The van der Waals surface area contributed by atoms with Crippen molar-refractivity contribution < 1.29 is 14.3 Å². The summed E-state index contributed by atoms with van der Waals surface area (Å²) in [7, 11) is 3.27. The van der Waals surface area contributed by atoms with E-state index >= 15 is 0 Å². The normalized spacial score (nSPS) is 12.1. The van der Waals surface area contributed by atoms with Crippen molar-refractivity contribution >= 4 is 34.2 Å². The molecule has 0 spiro atoms. The van der Waals surface area contributed by atoms with Gasteiger partial charge in [-0.2, -0.15) is 0 Å². The van der Waals surface area contributed by atoms with Crippen molar-refractivity contribution in [2.24, 2.45) is 0 Å². The molecule has 4 rings (SSSR count). The van der Waals surface area contributed by atoms with Gasteiger partial charge in [-0.1, -0.05) is 30.0 Å². The predicted molar refractivity (Wildman–Crippen MR) is 122 cm³/mol. The lowest BCUT2D eigenvalue weighted by atomic mass is 10.1. The lowest BCUT2D eigenvalue weighted by molar-refractivity contribution is -0.119. The molecular formula is C23H24N4O3S. The molecule has 0 aliphatic heterocycles. The van der Waals surface area contributed by atoms with Gasteiger partial charge in [0.1, 0.15) is 11.5 Å². The summed E-state index contributed by atoms with van der Waals surface area (Å²) in [6, 6.07) is 15.4. The van der Waals surface area contributed by atoms with Crippen LogP contribution < -0.4 is 14.8 Å². The Morgan fingerprint density at radius 1 is 1.13 bits per heavy atom. The minimum Gasteiger partial charge on any atom is -0.497 e. The second-order valence-corrected chi connectivity index (χ2v) is 8.15. The summed E-state index contributed by atoms with van der Waals surface area (Å²) in [5, 5.41) is 13.4. The molecule has 8 heteroatoms. The van der Waals surface area contributed by atoms with E-state index in [0.717, 1.165) is 39.2 Å². The van der Waals surface area contributed by atoms with Crippen LogP contribution in [0, 0.1) is 6.92 Å². The fourth-order valence-electron chi connectivity index (χ4n) is 3.64. The second kappa shape index (κ2) is 8.85. The lowest BCUT2D eigenvalue weighted by Gasteiger charge is -2.17. The number of pyridine rings is 1. The number of aryl methyl sites for hydroxylation is 1. The summed E-state index contributed by atoms with van der Waals surface area (Å²) in [6.07, 6.45) is 0. The highest BCUT2D eigenvalue weighted by Gasteiger charge is 2.17. The van der Waals surface area contributed by atoms with Crippen molar-refractivity contribution in [1.29, 1.82) is 0 Å². The Hall–Kier alpha value is -3.26. The molecule has 160 valence electrons. The van der Waals surface area contributed by atoms with Crippen molar-refractivity contribution in [2.45, 2.75) is 25.0 Å². The van der Waals surface area contributed by atoms with Crippen molar-refractivity contribution in [2.75, 3.05) is 20.0 Å². The lowest BCUT2D eigenvalue weighted by Crippen LogP contribution is -2.28. The number of fused-ring (bicyclic) bond motifs is 3. The maximum atomic E-state index is 12.6. The van der Waals surface area contributed by atoms with Gasteiger partial charge in [0.15, 0.2) is 10.8 Å². The molecule has 1 atom stereocenters. The highest BCUT2D eigenvalue weighted by Crippen LogP contribution is 2.29. The van der Waals surface area contributed by atoms with E-state index in [1.807, 2.05) is 66.8 Å². The van der Waals surface area contributed by atoms with Gasteiger partial charge in [-0.15, -0.1) is 10.2 Å². The molecule has 1 unspecified atom stereocenters. The number of amides is 1. The molecule has 7 nitrogen and oxygen atoms in total. The molecule has 1 N–H and O–H groups in total. The van der Waals surface area contributed by atoms with Crippen LogP contribution in [0.1, 0.15) is 24.1 Å². The number of aromatic nitrogens is 3. The molecule has 2 heterocycles. The van der Waals surface area contributed by atoms with Crippen LogP contribution in [0.25, 0.3) is 16.6 Å². The molecule has 0 aliphatic rings. The van der Waals surface area contributed by atoms with Crippen LogP contribution in [0.4, 0.5) is 0 Å². The largest absolute Gasteiger partial charge is 0.497 e. The minimum absolute atomic E-state index is 0.0887. The van der Waals surface area contributed by atoms with Crippen molar-refractivity contribution in [3.63, 3.8) is 0 Å². The van der Waals surface area contributed by atoms with Crippen molar-refractivity contribution in [3.8, 4) is 11.5 Å². The number of rotatable bonds is 7. The summed E-state index contributed by atoms with van der Waals surface area (Å²) < 4.78 is 12.8. The zero-order valence-electron chi connectivity index (χ0n) is 17.9. The molecule has 31 heavy (non-hydrogen) atoms. The monoisotopic (exact) mass is 436 g/mol. The average Bonchev–Trinajstić information content (AvgIpc) is 3.20. The van der Waals surface area contributed by atoms with Gasteiger partial charge in [-0.3, -0.25) is 9.20 Å². The van der Waals surface area contributed by atoms with E-state index in [0.29, 0.717) is 5.16 Å².